The summed E-state index contributed by atoms with van der Waals surface area (Å²) in [5.41, 5.74) is 1.39. The van der Waals surface area contributed by atoms with Crippen LogP contribution >= 0.6 is 0 Å². The largest absolute Gasteiger partial charge is 0.497 e. The van der Waals surface area contributed by atoms with Crippen LogP contribution in [0.3, 0.4) is 0 Å². The fourth-order valence-electron chi connectivity index (χ4n) is 8.57. The van der Waals surface area contributed by atoms with Gasteiger partial charge >= 0.3 is 12.1 Å². The van der Waals surface area contributed by atoms with Crippen LogP contribution in [-0.4, -0.2) is 131 Å². The maximum Gasteiger partial charge on any atom is 0.407 e. The molecule has 4 aromatic carbocycles. The molecule has 1 saturated heterocycles. The van der Waals surface area contributed by atoms with Crippen molar-refractivity contribution < 1.29 is 65.9 Å². The maximum atomic E-state index is 14.1. The van der Waals surface area contributed by atoms with Crippen LogP contribution in [0.4, 0.5) is 4.79 Å². The Morgan fingerprint density at radius 2 is 1.55 bits per heavy atom. The molecule has 0 bridgehead atoms. The van der Waals surface area contributed by atoms with E-state index in [1.807, 2.05) is 63.2 Å². The highest BCUT2D eigenvalue weighted by atomic mass is 32.2. The summed E-state index contributed by atoms with van der Waals surface area (Å²) >= 11 is 0. The second kappa shape index (κ2) is 29.0. The molecule has 3 N–H and O–H groups in total. The molecule has 0 unspecified atom stereocenters. The Morgan fingerprint density at radius 1 is 0.829 bits per heavy atom. The Balaban J connectivity index is 1.18. The van der Waals surface area contributed by atoms with Gasteiger partial charge in [-0.15, -0.1) is 0 Å². The molecule has 0 aliphatic carbocycles. The number of aliphatic hydroxyl groups is 1. The number of piperidine rings is 1. The summed E-state index contributed by atoms with van der Waals surface area (Å²) in [4.78, 5) is 68.5. The molecule has 76 heavy (non-hydrogen) atoms. The van der Waals surface area contributed by atoms with Crippen molar-refractivity contribution in [3.63, 3.8) is 0 Å². The summed E-state index contributed by atoms with van der Waals surface area (Å²) in [6.45, 7) is 8.80. The van der Waals surface area contributed by atoms with E-state index < -0.39 is 69.4 Å². The van der Waals surface area contributed by atoms with Crippen LogP contribution in [0.5, 0.6) is 23.0 Å². The lowest BCUT2D eigenvalue weighted by atomic mass is 9.84. The minimum Gasteiger partial charge on any atom is -0.497 e. The van der Waals surface area contributed by atoms with Crippen molar-refractivity contribution in [3.8, 4) is 23.0 Å². The lowest BCUT2D eigenvalue weighted by molar-refractivity contribution is -0.164. The number of ether oxygens (including phenoxy) is 6. The number of hydrogen-bond acceptors (Lipinski definition) is 14. The highest BCUT2D eigenvalue weighted by molar-refractivity contribution is 7.89. The van der Waals surface area contributed by atoms with Gasteiger partial charge in [0, 0.05) is 31.6 Å². The number of methoxy groups -OCH3 is 3. The minimum atomic E-state index is -4.05. The molecule has 1 aliphatic heterocycles. The average molecular weight is 1070 g/mol. The number of benzene rings is 4. The van der Waals surface area contributed by atoms with Gasteiger partial charge in [0.25, 0.3) is 11.8 Å². The van der Waals surface area contributed by atoms with E-state index in [2.05, 4.69) is 10.6 Å². The van der Waals surface area contributed by atoms with Crippen LogP contribution < -0.4 is 29.6 Å². The molecule has 18 nitrogen and oxygen atoms in total. The quantitative estimate of drug-likeness (QED) is 0.0277. The summed E-state index contributed by atoms with van der Waals surface area (Å²) in [5, 5.41) is 17.1. The lowest BCUT2D eigenvalue weighted by Gasteiger charge is -2.36. The van der Waals surface area contributed by atoms with E-state index in [4.69, 9.17) is 28.4 Å². The smallest absolute Gasteiger partial charge is 0.407 e. The highest BCUT2D eigenvalue weighted by Crippen LogP contribution is 2.33. The number of hydrogen-bond donors (Lipinski definition) is 3. The summed E-state index contributed by atoms with van der Waals surface area (Å²) in [6, 6.07) is 25.7. The molecule has 4 aromatic rings. The molecule has 4 atom stereocenters. The van der Waals surface area contributed by atoms with Crippen LogP contribution in [0.15, 0.2) is 102 Å². The molecule has 0 spiro atoms. The van der Waals surface area contributed by atoms with E-state index in [0.29, 0.717) is 67.1 Å². The number of carbonyl (C=O) groups excluding carboxylic acids is 5. The molecule has 19 heteroatoms. The number of ketones is 1. The number of alkyl carbamates (subject to hydrolysis) is 1. The van der Waals surface area contributed by atoms with Crippen molar-refractivity contribution in [2.75, 3.05) is 60.7 Å². The first-order chi connectivity index (χ1) is 36.3. The Hall–Kier alpha value is -6.70. The van der Waals surface area contributed by atoms with Crippen LogP contribution in [-0.2, 0) is 51.5 Å². The first kappa shape index (κ1) is 60.2. The number of aliphatic hydroxyl groups excluding tert-OH is 1. The standard InChI is InChI=1S/C57H76N4O14S/c1-9-57(4,5)53(64)54(65)61-31-14-13-21-47(61)55(66)75-49(28-22-41-23-29-50(71-7)51(34-41)72-8)42-19-15-20-44(35-42)74-38-52(63)58-30-16-32-73-56(67)59-46(33-40-17-11-10-12-18-40)48(62)37-60(36-39(2)3)76(68,69)45-26-24-43(70-6)25-27-45/h10-12,15,17-20,23-27,29,34-35,39,46-49,62H,9,13-14,16,21-22,28,30-33,36-38H2,1-8H3,(H,58,63)(H,59,67)/t46-,47-,48+,49+/m0/s1. The number of amides is 3. The molecule has 1 heterocycles. The summed E-state index contributed by atoms with van der Waals surface area (Å²) in [6.07, 6.45) is 0.395. The molecule has 0 radical (unpaired) electrons. The third kappa shape index (κ3) is 17.4. The first-order valence-corrected chi connectivity index (χ1v) is 27.3. The molecule has 414 valence electrons. The van der Waals surface area contributed by atoms with Gasteiger partial charge in [-0.2, -0.15) is 4.31 Å². The van der Waals surface area contributed by atoms with Gasteiger partial charge < -0.3 is 49.1 Å². The molecule has 0 aromatic heterocycles. The average Bonchev–Trinajstić information content (AvgIpc) is 3.42. The van der Waals surface area contributed by atoms with Crippen molar-refractivity contribution in [3.05, 3.63) is 114 Å². The van der Waals surface area contributed by atoms with Crippen molar-refractivity contribution in [1.29, 1.82) is 0 Å². The Bertz CT molecular complexity index is 2650. The van der Waals surface area contributed by atoms with E-state index >= 15 is 0 Å². The minimum absolute atomic E-state index is 0.0370. The van der Waals surface area contributed by atoms with Gasteiger partial charge in [-0.3, -0.25) is 14.4 Å². The number of nitrogens with one attached hydrogen (secondary N) is 2. The fourth-order valence-corrected chi connectivity index (χ4v) is 10.2. The number of carbonyl (C=O) groups is 5. The van der Waals surface area contributed by atoms with E-state index in [1.54, 1.807) is 70.5 Å². The van der Waals surface area contributed by atoms with E-state index in [1.165, 1.54) is 28.4 Å². The summed E-state index contributed by atoms with van der Waals surface area (Å²) < 4.78 is 62.6. The third-order valence-electron chi connectivity index (χ3n) is 13.3. The lowest BCUT2D eigenvalue weighted by Crippen LogP contribution is -2.53. The first-order valence-electron chi connectivity index (χ1n) is 25.9. The van der Waals surface area contributed by atoms with Crippen LogP contribution in [0.25, 0.3) is 0 Å². The van der Waals surface area contributed by atoms with E-state index in [9.17, 15) is 37.5 Å². The van der Waals surface area contributed by atoms with E-state index in [-0.39, 0.29) is 63.0 Å². The number of esters is 1. The zero-order chi connectivity index (χ0) is 55.4. The van der Waals surface area contributed by atoms with Crippen molar-refractivity contribution in [2.45, 2.75) is 115 Å². The number of aryl methyl sites for hydroxylation is 1. The number of nitrogens with zero attached hydrogens (tertiary/aromatic N) is 2. The van der Waals surface area contributed by atoms with Crippen LogP contribution in [0.1, 0.15) is 95.9 Å². The topological polar surface area (TPSA) is 226 Å². The maximum absolute atomic E-state index is 14.1. The number of rotatable bonds is 29. The predicted octanol–water partition coefficient (Wildman–Crippen LogP) is 7.25. The van der Waals surface area contributed by atoms with Gasteiger partial charge in [0.1, 0.15) is 23.6 Å². The van der Waals surface area contributed by atoms with Gasteiger partial charge in [0.2, 0.25) is 15.8 Å². The van der Waals surface area contributed by atoms with Gasteiger partial charge in [0.15, 0.2) is 18.1 Å². The Labute approximate surface area is 447 Å². The Kier molecular flexibility index (Phi) is 23.0. The van der Waals surface area contributed by atoms with Crippen LogP contribution in [0, 0.1) is 11.3 Å². The second-order valence-corrected chi connectivity index (χ2v) is 21.8. The third-order valence-corrected chi connectivity index (χ3v) is 15.2. The second-order valence-electron chi connectivity index (χ2n) is 19.8. The zero-order valence-electron chi connectivity index (χ0n) is 45.1. The SMILES string of the molecule is CCC(C)(C)C(=O)C(=O)N1CCCC[C@H]1C(=O)O[C@H](CCc1ccc(OC)c(OC)c1)c1cccc(OCC(=O)NCCCOC(=O)N[C@@H](Cc2ccccc2)[C@H](O)CN(CC(C)C)S(=O)(=O)c2ccc(OC)cc2)c1. The molecule has 0 saturated carbocycles. The van der Waals surface area contributed by atoms with Crippen molar-refractivity contribution in [2.24, 2.45) is 11.3 Å². The summed E-state index contributed by atoms with van der Waals surface area (Å²) in [7, 11) is 0.534. The molecular weight excluding hydrogens is 997 g/mol. The molecule has 1 fully saturated rings. The van der Waals surface area contributed by atoms with E-state index in [0.717, 1.165) is 11.1 Å². The zero-order valence-corrected chi connectivity index (χ0v) is 45.9. The predicted molar refractivity (Wildman–Crippen MR) is 286 cm³/mol. The van der Waals surface area contributed by atoms with Crippen LogP contribution in [0.2, 0.25) is 0 Å². The number of sulfonamides is 1. The van der Waals surface area contributed by atoms with Gasteiger partial charge in [-0.25, -0.2) is 18.0 Å². The monoisotopic (exact) mass is 1070 g/mol. The summed E-state index contributed by atoms with van der Waals surface area (Å²) in [5.74, 6) is -0.446. The number of Topliss-reactive ketones (excluding diaryl/α,β-unsaturated/α-hetero) is 1. The van der Waals surface area contributed by atoms with Gasteiger partial charge in [-0.1, -0.05) is 83.1 Å². The normalized spacial score (nSPS) is 15.0. The molecule has 1 aliphatic rings. The van der Waals surface area contributed by atoms with Gasteiger partial charge in [-0.05, 0) is 123 Å². The van der Waals surface area contributed by atoms with Crippen molar-refractivity contribution in [1.82, 2.24) is 19.8 Å². The molecule has 3 amide bonds. The highest BCUT2D eigenvalue weighted by Gasteiger charge is 2.41. The molecule has 5 rings (SSSR count). The fraction of sp³-hybridized carbons (Fsp3) is 0.491. The van der Waals surface area contributed by atoms with Crippen molar-refractivity contribution >= 4 is 39.7 Å². The molecular formula is C57H76N4O14S. The Morgan fingerprint density at radius 3 is 2.22 bits per heavy atom. The van der Waals surface area contributed by atoms with Gasteiger partial charge in [0.05, 0.1) is 45.0 Å². The number of likely N-dealkylation sites (tertiary alicyclic amines) is 1.